The second kappa shape index (κ2) is 27.0. The number of nitrogens with zero attached hydrogens (tertiary/aromatic N) is 10. The third-order valence-electron chi connectivity index (χ3n) is 6.34. The molecule has 0 spiro atoms. The van der Waals surface area contributed by atoms with Gasteiger partial charge in [0.2, 0.25) is 11.7 Å². The molecule has 0 aliphatic carbocycles. The fourth-order valence-corrected chi connectivity index (χ4v) is 3.76. The number of hydrogen-bond acceptors (Lipinski definition) is 10. The number of fused-ring (bicyclic) bond motifs is 3. The van der Waals surface area contributed by atoms with Crippen molar-refractivity contribution in [3.8, 4) is 11.5 Å². The lowest BCUT2D eigenvalue weighted by atomic mass is 9.88. The van der Waals surface area contributed by atoms with Gasteiger partial charge in [0.25, 0.3) is 11.3 Å². The van der Waals surface area contributed by atoms with Crippen LogP contribution in [0.15, 0.2) is 51.6 Å². The molecule has 1 amide bonds. The molecule has 13 nitrogen and oxygen atoms in total. The Hall–Kier alpha value is -4.68. The molecule has 0 N–H and O–H groups in total. The largest absolute Gasteiger partial charge is 0.336 e. The fraction of sp³-hybridized carbons (Fsp3) is 0.610. The van der Waals surface area contributed by atoms with E-state index < -0.39 is 0 Å². The lowest BCUT2D eigenvalue weighted by Gasteiger charge is -2.22. The van der Waals surface area contributed by atoms with Crippen LogP contribution >= 0.6 is 0 Å². The van der Waals surface area contributed by atoms with Gasteiger partial charge in [-0.1, -0.05) is 109 Å². The zero-order chi connectivity index (χ0) is 42.9. The number of carbonyl (C=O) groups is 1. The Morgan fingerprint density at radius 2 is 1.26 bits per heavy atom. The molecular formula is C41H72N10O3. The molecule has 0 bridgehead atoms. The van der Waals surface area contributed by atoms with Gasteiger partial charge in [0.05, 0.1) is 29.6 Å². The minimum atomic E-state index is -0.366. The van der Waals surface area contributed by atoms with Crippen LogP contribution in [0.5, 0.6) is 0 Å². The van der Waals surface area contributed by atoms with E-state index in [4.69, 9.17) is 4.52 Å². The summed E-state index contributed by atoms with van der Waals surface area (Å²) in [7, 11) is 0. The molecule has 0 radical (unpaired) electrons. The van der Waals surface area contributed by atoms with E-state index in [0.29, 0.717) is 16.9 Å². The van der Waals surface area contributed by atoms with E-state index in [1.54, 1.807) is 18.6 Å². The minimum absolute atomic E-state index is 0.0140. The topological polar surface area (TPSA) is 160 Å². The van der Waals surface area contributed by atoms with Crippen LogP contribution in [0.4, 0.5) is 0 Å². The summed E-state index contributed by atoms with van der Waals surface area (Å²) >= 11 is 0. The van der Waals surface area contributed by atoms with Gasteiger partial charge in [0, 0.05) is 29.9 Å². The third kappa shape index (κ3) is 17.0. The molecular weight excluding hydrogens is 681 g/mol. The summed E-state index contributed by atoms with van der Waals surface area (Å²) in [5, 5.41) is 16.5. The van der Waals surface area contributed by atoms with Crippen LogP contribution in [0.25, 0.3) is 28.7 Å². The Bertz CT molecular complexity index is 1850. The van der Waals surface area contributed by atoms with Gasteiger partial charge >= 0.3 is 0 Å². The SMILES string of the molecule is CC.CC.CC.CC.CC.CC.CC(C)(C)c1cnc2oncc2c1.CC(C)(C)n1cnc2c(c1=O)=NC(=O)CC=2.CC(C)(C)n1cnc2nnnc-2c1. The molecule has 0 aromatic carbocycles. The Morgan fingerprint density at radius 3 is 1.78 bits per heavy atom. The van der Waals surface area contributed by atoms with Crippen molar-refractivity contribution in [1.82, 2.24) is 44.7 Å². The lowest BCUT2D eigenvalue weighted by molar-refractivity contribution is -0.117. The second-order valence-electron chi connectivity index (χ2n) is 12.9. The van der Waals surface area contributed by atoms with Crippen molar-refractivity contribution in [2.24, 2.45) is 4.99 Å². The molecule has 6 heterocycles. The normalized spacial score (nSPS) is 11.0. The maximum absolute atomic E-state index is 12.1. The van der Waals surface area contributed by atoms with Crippen molar-refractivity contribution in [2.45, 2.75) is 168 Å². The molecule has 3 aromatic heterocycles. The van der Waals surface area contributed by atoms with Crippen LogP contribution in [-0.4, -0.2) is 50.6 Å². The summed E-state index contributed by atoms with van der Waals surface area (Å²) in [5.74, 6) is 0.304. The van der Waals surface area contributed by atoms with E-state index in [-0.39, 0.29) is 39.7 Å². The Balaban J connectivity index is -0.000000635. The highest BCUT2D eigenvalue weighted by atomic mass is 16.5. The number of rotatable bonds is 0. The van der Waals surface area contributed by atoms with Gasteiger partial charge in [0.1, 0.15) is 0 Å². The molecule has 0 fully saturated rings. The van der Waals surface area contributed by atoms with E-state index in [2.05, 4.69) is 88.1 Å². The average Bonchev–Trinajstić information content (AvgIpc) is 3.86. The first kappa shape index (κ1) is 53.7. The van der Waals surface area contributed by atoms with Crippen molar-refractivity contribution < 1.29 is 9.32 Å². The molecule has 54 heavy (non-hydrogen) atoms. The van der Waals surface area contributed by atoms with E-state index in [1.165, 1.54) is 16.5 Å². The van der Waals surface area contributed by atoms with Crippen LogP contribution in [0.3, 0.4) is 0 Å². The first-order chi connectivity index (χ1) is 25.5. The Morgan fingerprint density at radius 1 is 0.685 bits per heavy atom. The van der Waals surface area contributed by atoms with Gasteiger partial charge in [-0.25, -0.2) is 19.9 Å². The van der Waals surface area contributed by atoms with Gasteiger partial charge in [-0.05, 0) is 69.9 Å². The number of carbonyl (C=O) groups excluding carboxylic acids is 1. The molecule has 3 aliphatic heterocycles. The molecule has 304 valence electrons. The molecule has 3 aliphatic rings. The standard InChI is InChI=1S/C11H13N3O2.C10H12N2O.C8H11N5.6C2H6/c1-11(2,3)14-6-12-7-4-5-8(15)13-9(7)10(14)16;1-10(2,3)8-4-7-5-12-13-9(7)11-6-8;1-8(2,3)13-4-6-7(9-5-13)11-12-10-6;6*1-2/h4,6H,5H2,1-3H3;4-6H,1-3H3;4-5H,1-3H3;6*1-2H3. The summed E-state index contributed by atoms with van der Waals surface area (Å²) in [6, 6.07) is 2.07. The third-order valence-corrected chi connectivity index (χ3v) is 6.34. The summed E-state index contributed by atoms with van der Waals surface area (Å²) in [5.41, 5.74) is 2.05. The molecule has 0 saturated carbocycles. The monoisotopic (exact) mass is 753 g/mol. The summed E-state index contributed by atoms with van der Waals surface area (Å²) in [4.78, 5) is 39.4. The fourth-order valence-electron chi connectivity index (χ4n) is 3.76. The zero-order valence-corrected chi connectivity index (χ0v) is 37.4. The van der Waals surface area contributed by atoms with E-state index in [0.717, 1.165) is 11.1 Å². The van der Waals surface area contributed by atoms with E-state index in [1.807, 2.05) is 121 Å². The van der Waals surface area contributed by atoms with Gasteiger partial charge < -0.3 is 9.09 Å². The van der Waals surface area contributed by atoms with Crippen molar-refractivity contribution >= 4 is 23.1 Å². The van der Waals surface area contributed by atoms with Crippen molar-refractivity contribution in [3.05, 3.63) is 63.9 Å². The van der Waals surface area contributed by atoms with E-state index in [9.17, 15) is 9.59 Å². The maximum Gasteiger partial charge on any atom is 0.280 e. The highest BCUT2D eigenvalue weighted by Crippen LogP contribution is 2.24. The van der Waals surface area contributed by atoms with Gasteiger partial charge in [-0.15, -0.1) is 10.2 Å². The highest BCUT2D eigenvalue weighted by Gasteiger charge is 2.18. The summed E-state index contributed by atoms with van der Waals surface area (Å²) < 4.78 is 8.40. The van der Waals surface area contributed by atoms with Crippen LogP contribution in [0.2, 0.25) is 0 Å². The smallest absolute Gasteiger partial charge is 0.280 e. The van der Waals surface area contributed by atoms with Crippen molar-refractivity contribution in [2.75, 3.05) is 0 Å². The molecule has 0 unspecified atom stereocenters. The average molecular weight is 753 g/mol. The van der Waals surface area contributed by atoms with Gasteiger partial charge in [-0.2, -0.15) is 0 Å². The number of hydrogen-bond donors (Lipinski definition) is 0. The first-order valence-electron chi connectivity index (χ1n) is 19.5. The highest BCUT2D eigenvalue weighted by molar-refractivity contribution is 5.82. The predicted octanol–water partition coefficient (Wildman–Crippen LogP) is 8.93. The Kier molecular flexibility index (Phi) is 26.8. The number of aromatic nitrogens is 9. The van der Waals surface area contributed by atoms with Crippen LogP contribution < -0.4 is 16.3 Å². The second-order valence-corrected chi connectivity index (χ2v) is 12.9. The van der Waals surface area contributed by atoms with Gasteiger partial charge in [-0.3, -0.25) is 14.2 Å². The lowest BCUT2D eigenvalue weighted by Crippen LogP contribution is -2.51. The molecule has 6 rings (SSSR count). The number of pyridine rings is 1. The molecule has 13 heteroatoms. The summed E-state index contributed by atoms with van der Waals surface area (Å²) in [6.45, 7) is 42.5. The van der Waals surface area contributed by atoms with E-state index >= 15 is 0 Å². The Labute approximate surface area is 325 Å². The molecule has 0 atom stereocenters. The number of amides is 1. The quantitative estimate of drug-likeness (QED) is 0.149. The predicted molar refractivity (Wildman–Crippen MR) is 224 cm³/mol. The van der Waals surface area contributed by atoms with Crippen molar-refractivity contribution in [3.63, 3.8) is 0 Å². The molecule has 3 aromatic rings. The van der Waals surface area contributed by atoms with Gasteiger partial charge in [0.15, 0.2) is 11.1 Å². The molecule has 0 saturated heterocycles. The minimum Gasteiger partial charge on any atom is -0.336 e. The van der Waals surface area contributed by atoms with Crippen molar-refractivity contribution in [1.29, 1.82) is 0 Å². The van der Waals surface area contributed by atoms with Crippen LogP contribution in [-0.2, 0) is 21.3 Å². The first-order valence-corrected chi connectivity index (χ1v) is 19.5. The summed E-state index contributed by atoms with van der Waals surface area (Å²) in [6.07, 6.45) is 10.5. The zero-order valence-electron chi connectivity index (χ0n) is 37.4. The van der Waals surface area contributed by atoms with Crippen LogP contribution in [0, 0.1) is 0 Å². The van der Waals surface area contributed by atoms with Crippen LogP contribution in [0.1, 0.15) is 157 Å². The maximum atomic E-state index is 12.1.